The summed E-state index contributed by atoms with van der Waals surface area (Å²) < 4.78 is 10.7. The van der Waals surface area contributed by atoms with E-state index in [-0.39, 0.29) is 6.04 Å². The van der Waals surface area contributed by atoms with Gasteiger partial charge < -0.3 is 14.2 Å². The van der Waals surface area contributed by atoms with Gasteiger partial charge in [0.25, 0.3) is 0 Å². The second-order valence-electron chi connectivity index (χ2n) is 3.97. The summed E-state index contributed by atoms with van der Waals surface area (Å²) in [6.07, 6.45) is 4.34. The maximum Gasteiger partial charge on any atom is 0.123 e. The van der Waals surface area contributed by atoms with Crippen molar-refractivity contribution in [1.82, 2.24) is 5.32 Å². The predicted molar refractivity (Wildman–Crippen MR) is 62.3 cm³/mol. The van der Waals surface area contributed by atoms with E-state index in [1.54, 1.807) is 12.5 Å². The van der Waals surface area contributed by atoms with E-state index in [0.717, 1.165) is 24.5 Å². The Hall–Kier alpha value is -1.48. The van der Waals surface area contributed by atoms with Crippen molar-refractivity contribution in [1.29, 1.82) is 0 Å². The van der Waals surface area contributed by atoms with Crippen LogP contribution in [0.5, 0.6) is 0 Å². The molecule has 0 amide bonds. The number of furan rings is 2. The van der Waals surface area contributed by atoms with Crippen molar-refractivity contribution in [3.05, 3.63) is 47.8 Å². The summed E-state index contributed by atoms with van der Waals surface area (Å²) in [6, 6.07) is 6.13. The first-order chi connectivity index (χ1) is 7.77. The molecule has 0 aliphatic rings. The molecule has 3 heteroatoms. The molecule has 16 heavy (non-hydrogen) atoms. The van der Waals surface area contributed by atoms with E-state index in [1.807, 2.05) is 18.2 Å². The van der Waals surface area contributed by atoms with Crippen LogP contribution in [0, 0.1) is 6.92 Å². The van der Waals surface area contributed by atoms with Crippen molar-refractivity contribution in [2.75, 3.05) is 6.54 Å². The SMILES string of the molecule is Cc1ccoc1C(C)NCCc1ccco1. The first-order valence-corrected chi connectivity index (χ1v) is 5.57. The number of nitrogens with one attached hydrogen (secondary N) is 1. The average Bonchev–Trinajstić information content (AvgIpc) is 2.88. The number of hydrogen-bond acceptors (Lipinski definition) is 3. The van der Waals surface area contributed by atoms with E-state index >= 15 is 0 Å². The first kappa shape index (κ1) is 11.0. The second kappa shape index (κ2) is 5.03. The van der Waals surface area contributed by atoms with Gasteiger partial charge in [-0.15, -0.1) is 0 Å². The molecule has 2 aromatic heterocycles. The summed E-state index contributed by atoms with van der Waals surface area (Å²) in [6.45, 7) is 5.05. The Kier molecular flexibility index (Phi) is 3.47. The molecule has 1 N–H and O–H groups in total. The molecule has 0 saturated heterocycles. The Morgan fingerprint density at radius 1 is 1.25 bits per heavy atom. The summed E-state index contributed by atoms with van der Waals surface area (Å²) in [5, 5.41) is 3.41. The fourth-order valence-electron chi connectivity index (χ4n) is 1.79. The van der Waals surface area contributed by atoms with Crippen LogP contribution in [0.1, 0.15) is 30.0 Å². The van der Waals surface area contributed by atoms with Crippen molar-refractivity contribution >= 4 is 0 Å². The summed E-state index contributed by atoms with van der Waals surface area (Å²) in [5.74, 6) is 2.02. The lowest BCUT2D eigenvalue weighted by Gasteiger charge is -2.11. The molecule has 3 nitrogen and oxygen atoms in total. The van der Waals surface area contributed by atoms with Crippen LogP contribution < -0.4 is 5.32 Å². The normalized spacial score (nSPS) is 12.9. The maximum absolute atomic E-state index is 5.43. The minimum Gasteiger partial charge on any atom is -0.469 e. The third-order valence-corrected chi connectivity index (χ3v) is 2.70. The Morgan fingerprint density at radius 2 is 2.12 bits per heavy atom. The van der Waals surface area contributed by atoms with Crippen LogP contribution in [0.3, 0.4) is 0 Å². The number of aryl methyl sites for hydroxylation is 1. The van der Waals surface area contributed by atoms with Crippen LogP contribution in [0.4, 0.5) is 0 Å². The Bertz CT molecular complexity index is 417. The molecule has 1 unspecified atom stereocenters. The highest BCUT2D eigenvalue weighted by Crippen LogP contribution is 2.17. The zero-order valence-corrected chi connectivity index (χ0v) is 9.69. The molecule has 0 spiro atoms. The minimum atomic E-state index is 0.241. The van der Waals surface area contributed by atoms with Crippen LogP contribution in [0.15, 0.2) is 39.6 Å². The van der Waals surface area contributed by atoms with Gasteiger partial charge in [0.15, 0.2) is 0 Å². The molecule has 0 fully saturated rings. The Morgan fingerprint density at radius 3 is 2.75 bits per heavy atom. The van der Waals surface area contributed by atoms with Gasteiger partial charge in [-0.05, 0) is 37.6 Å². The van der Waals surface area contributed by atoms with Gasteiger partial charge >= 0.3 is 0 Å². The molecule has 0 saturated carbocycles. The molecule has 2 heterocycles. The monoisotopic (exact) mass is 219 g/mol. The highest BCUT2D eigenvalue weighted by atomic mass is 16.3. The molecular weight excluding hydrogens is 202 g/mol. The highest BCUT2D eigenvalue weighted by Gasteiger charge is 2.10. The molecule has 0 bridgehead atoms. The Labute approximate surface area is 95.5 Å². The van der Waals surface area contributed by atoms with E-state index in [2.05, 4.69) is 19.2 Å². The van der Waals surface area contributed by atoms with Crippen LogP contribution in [-0.2, 0) is 6.42 Å². The maximum atomic E-state index is 5.43. The molecular formula is C13H17NO2. The van der Waals surface area contributed by atoms with Crippen LogP contribution in [0.25, 0.3) is 0 Å². The van der Waals surface area contributed by atoms with Gasteiger partial charge in [-0.25, -0.2) is 0 Å². The Balaban J connectivity index is 1.80. The first-order valence-electron chi connectivity index (χ1n) is 5.57. The molecule has 2 aromatic rings. The minimum absolute atomic E-state index is 0.241. The van der Waals surface area contributed by atoms with Crippen molar-refractivity contribution in [3.63, 3.8) is 0 Å². The van der Waals surface area contributed by atoms with E-state index in [0.29, 0.717) is 0 Å². The third kappa shape index (κ3) is 2.55. The molecule has 0 aliphatic heterocycles. The highest BCUT2D eigenvalue weighted by molar-refractivity contribution is 5.17. The number of hydrogen-bond donors (Lipinski definition) is 1. The summed E-state index contributed by atoms with van der Waals surface area (Å²) >= 11 is 0. The summed E-state index contributed by atoms with van der Waals surface area (Å²) in [5.41, 5.74) is 1.19. The van der Waals surface area contributed by atoms with Crippen molar-refractivity contribution < 1.29 is 8.83 Å². The van der Waals surface area contributed by atoms with Gasteiger partial charge in [0.2, 0.25) is 0 Å². The van der Waals surface area contributed by atoms with E-state index in [1.165, 1.54) is 5.56 Å². The summed E-state index contributed by atoms with van der Waals surface area (Å²) in [4.78, 5) is 0. The van der Waals surface area contributed by atoms with E-state index in [4.69, 9.17) is 8.83 Å². The largest absolute Gasteiger partial charge is 0.469 e. The lowest BCUT2D eigenvalue weighted by atomic mass is 10.1. The van der Waals surface area contributed by atoms with Crippen molar-refractivity contribution in [2.45, 2.75) is 26.3 Å². The lowest BCUT2D eigenvalue weighted by molar-refractivity contribution is 0.421. The van der Waals surface area contributed by atoms with Gasteiger partial charge in [-0.1, -0.05) is 0 Å². The van der Waals surface area contributed by atoms with Gasteiger partial charge in [-0.3, -0.25) is 0 Å². The quantitative estimate of drug-likeness (QED) is 0.839. The van der Waals surface area contributed by atoms with Crippen molar-refractivity contribution in [3.8, 4) is 0 Å². The standard InChI is InChI=1S/C13H17NO2/c1-10-6-9-16-13(10)11(2)14-7-5-12-4-3-8-15-12/h3-4,6,8-9,11,14H,5,7H2,1-2H3. The van der Waals surface area contributed by atoms with Gasteiger partial charge in [0, 0.05) is 13.0 Å². The predicted octanol–water partition coefficient (Wildman–Crippen LogP) is 3.07. The molecule has 2 rings (SSSR count). The van der Waals surface area contributed by atoms with Crippen molar-refractivity contribution in [2.24, 2.45) is 0 Å². The molecule has 0 aliphatic carbocycles. The fourth-order valence-corrected chi connectivity index (χ4v) is 1.79. The van der Waals surface area contributed by atoms with E-state index in [9.17, 15) is 0 Å². The average molecular weight is 219 g/mol. The van der Waals surface area contributed by atoms with Crippen LogP contribution in [0.2, 0.25) is 0 Å². The molecule has 1 atom stereocenters. The van der Waals surface area contributed by atoms with Gasteiger partial charge in [-0.2, -0.15) is 0 Å². The smallest absolute Gasteiger partial charge is 0.123 e. The lowest BCUT2D eigenvalue weighted by Crippen LogP contribution is -2.21. The fraction of sp³-hybridized carbons (Fsp3) is 0.385. The third-order valence-electron chi connectivity index (χ3n) is 2.70. The second-order valence-corrected chi connectivity index (χ2v) is 3.97. The van der Waals surface area contributed by atoms with Crippen LogP contribution >= 0.6 is 0 Å². The zero-order valence-electron chi connectivity index (χ0n) is 9.69. The summed E-state index contributed by atoms with van der Waals surface area (Å²) in [7, 11) is 0. The molecule has 0 radical (unpaired) electrons. The van der Waals surface area contributed by atoms with Crippen LogP contribution in [-0.4, -0.2) is 6.54 Å². The van der Waals surface area contributed by atoms with Gasteiger partial charge in [0.1, 0.15) is 11.5 Å². The number of rotatable bonds is 5. The van der Waals surface area contributed by atoms with E-state index < -0.39 is 0 Å². The topological polar surface area (TPSA) is 38.3 Å². The van der Waals surface area contributed by atoms with Gasteiger partial charge in [0.05, 0.1) is 18.6 Å². The molecule has 0 aromatic carbocycles. The molecule has 86 valence electrons. The zero-order chi connectivity index (χ0) is 11.4.